The summed E-state index contributed by atoms with van der Waals surface area (Å²) in [7, 11) is 2.44. The molecule has 0 spiro atoms. The van der Waals surface area contributed by atoms with Crippen LogP contribution in [0.25, 0.3) is 0 Å². The molecule has 0 saturated heterocycles. The normalized spacial score (nSPS) is 9.63. The fourth-order valence-electron chi connectivity index (χ4n) is 1.37. The highest BCUT2D eigenvalue weighted by molar-refractivity contribution is 7.81. The minimum absolute atomic E-state index is 0.0178. The van der Waals surface area contributed by atoms with E-state index in [4.69, 9.17) is 0 Å². The molecule has 1 N–H and O–H groups in total. The van der Waals surface area contributed by atoms with Gasteiger partial charge in [-0.25, -0.2) is 9.59 Å². The molecule has 0 aliphatic heterocycles. The Labute approximate surface area is 115 Å². The lowest BCUT2D eigenvalue weighted by Crippen LogP contribution is -2.14. The Kier molecular flexibility index (Phi) is 5.37. The first-order chi connectivity index (χ1) is 9.01. The molecule has 0 heterocycles. The van der Waals surface area contributed by atoms with Crippen LogP contribution in [0.5, 0.6) is 0 Å². The second-order valence-corrected chi connectivity index (χ2v) is 3.80. The van der Waals surface area contributed by atoms with Crippen molar-refractivity contribution in [1.82, 2.24) is 0 Å². The number of thiol groups is 1. The van der Waals surface area contributed by atoms with Gasteiger partial charge in [-0.15, -0.1) is 0 Å². The number of carbonyl (C=O) groups excluding carboxylic acids is 3. The van der Waals surface area contributed by atoms with E-state index in [2.05, 4.69) is 27.4 Å². The molecule has 1 aromatic rings. The highest BCUT2D eigenvalue weighted by Crippen LogP contribution is 2.17. The van der Waals surface area contributed by atoms with Crippen molar-refractivity contribution in [3.05, 3.63) is 29.3 Å². The van der Waals surface area contributed by atoms with E-state index in [0.717, 1.165) is 0 Å². The lowest BCUT2D eigenvalue weighted by atomic mass is 10.1. The van der Waals surface area contributed by atoms with Gasteiger partial charge < -0.3 is 14.8 Å². The smallest absolute Gasteiger partial charge is 0.337 e. The van der Waals surface area contributed by atoms with Gasteiger partial charge in [0.1, 0.15) is 0 Å². The SMILES string of the molecule is COC(=O)c1cc(NC(=O)CS)cc(C(=O)OC)c1. The lowest BCUT2D eigenvalue weighted by Gasteiger charge is -2.08. The Morgan fingerprint density at radius 3 is 1.89 bits per heavy atom. The average molecular weight is 283 g/mol. The lowest BCUT2D eigenvalue weighted by molar-refractivity contribution is -0.113. The van der Waals surface area contributed by atoms with Crippen molar-refractivity contribution in [3.63, 3.8) is 0 Å². The summed E-state index contributed by atoms with van der Waals surface area (Å²) in [5.74, 6) is -1.61. The summed E-state index contributed by atoms with van der Waals surface area (Å²) in [5.41, 5.74) is 0.571. The Morgan fingerprint density at radius 2 is 1.53 bits per heavy atom. The maximum atomic E-state index is 11.5. The van der Waals surface area contributed by atoms with E-state index in [-0.39, 0.29) is 22.8 Å². The number of methoxy groups -OCH3 is 2. The van der Waals surface area contributed by atoms with E-state index >= 15 is 0 Å². The molecule has 19 heavy (non-hydrogen) atoms. The molecule has 1 rings (SSSR count). The Bertz CT molecular complexity index is 481. The zero-order chi connectivity index (χ0) is 14.4. The second-order valence-electron chi connectivity index (χ2n) is 3.49. The number of hydrogen-bond donors (Lipinski definition) is 2. The first-order valence-electron chi connectivity index (χ1n) is 5.24. The molecule has 0 unspecified atom stereocenters. The monoisotopic (exact) mass is 283 g/mol. The number of anilines is 1. The van der Waals surface area contributed by atoms with Crippen LogP contribution in [0.2, 0.25) is 0 Å². The van der Waals surface area contributed by atoms with Crippen molar-refractivity contribution in [1.29, 1.82) is 0 Å². The standard InChI is InChI=1S/C12H13NO5S/c1-17-11(15)7-3-8(12(16)18-2)5-9(4-7)13-10(14)6-19/h3-5,19H,6H2,1-2H3,(H,13,14). The van der Waals surface area contributed by atoms with Crippen molar-refractivity contribution in [2.75, 3.05) is 25.3 Å². The molecule has 0 aromatic heterocycles. The van der Waals surface area contributed by atoms with Crippen LogP contribution >= 0.6 is 12.6 Å². The van der Waals surface area contributed by atoms with Gasteiger partial charge in [0.05, 0.1) is 31.1 Å². The predicted octanol–water partition coefficient (Wildman–Crippen LogP) is 1.13. The number of rotatable bonds is 4. The van der Waals surface area contributed by atoms with Gasteiger partial charge in [-0.1, -0.05) is 0 Å². The van der Waals surface area contributed by atoms with Crippen LogP contribution in [0, 0.1) is 0 Å². The van der Waals surface area contributed by atoms with Gasteiger partial charge in [-0.3, -0.25) is 4.79 Å². The molecule has 0 aliphatic carbocycles. The highest BCUT2D eigenvalue weighted by Gasteiger charge is 2.14. The van der Waals surface area contributed by atoms with E-state index in [1.165, 1.54) is 32.4 Å². The van der Waals surface area contributed by atoms with Crippen LogP contribution in [0.4, 0.5) is 5.69 Å². The summed E-state index contributed by atoms with van der Waals surface area (Å²) in [4.78, 5) is 34.2. The number of esters is 2. The second kappa shape index (κ2) is 6.79. The van der Waals surface area contributed by atoms with Crippen LogP contribution in [-0.4, -0.2) is 37.8 Å². The van der Waals surface area contributed by atoms with Crippen molar-refractivity contribution in [2.45, 2.75) is 0 Å². The fourth-order valence-corrected chi connectivity index (χ4v) is 1.45. The third-order valence-electron chi connectivity index (χ3n) is 2.20. The van der Waals surface area contributed by atoms with Crippen LogP contribution in [0.3, 0.4) is 0 Å². The molecule has 0 bridgehead atoms. The van der Waals surface area contributed by atoms with Crippen molar-refractivity contribution in [3.8, 4) is 0 Å². The van der Waals surface area contributed by atoms with Crippen molar-refractivity contribution < 1.29 is 23.9 Å². The number of benzene rings is 1. The fraction of sp³-hybridized carbons (Fsp3) is 0.250. The van der Waals surface area contributed by atoms with Crippen LogP contribution < -0.4 is 5.32 Å². The minimum Gasteiger partial charge on any atom is -0.465 e. The third kappa shape index (κ3) is 3.99. The summed E-state index contributed by atoms with van der Waals surface area (Å²) in [6.07, 6.45) is 0. The maximum absolute atomic E-state index is 11.5. The topological polar surface area (TPSA) is 81.7 Å². The molecule has 0 aliphatic rings. The molecule has 0 radical (unpaired) electrons. The number of nitrogens with one attached hydrogen (secondary N) is 1. The zero-order valence-electron chi connectivity index (χ0n) is 10.4. The van der Waals surface area contributed by atoms with E-state index in [1.54, 1.807) is 0 Å². The summed E-state index contributed by atoms with van der Waals surface area (Å²) >= 11 is 3.82. The predicted molar refractivity (Wildman–Crippen MR) is 71.6 cm³/mol. The molecular weight excluding hydrogens is 270 g/mol. The van der Waals surface area contributed by atoms with E-state index < -0.39 is 11.9 Å². The van der Waals surface area contributed by atoms with Gasteiger partial charge in [0, 0.05) is 5.69 Å². The summed E-state index contributed by atoms with van der Waals surface area (Å²) in [5, 5.41) is 2.50. The van der Waals surface area contributed by atoms with Gasteiger partial charge >= 0.3 is 11.9 Å². The summed E-state index contributed by atoms with van der Waals surface area (Å²) in [6.45, 7) is 0. The van der Waals surface area contributed by atoms with E-state index in [9.17, 15) is 14.4 Å². The van der Waals surface area contributed by atoms with Crippen molar-refractivity contribution in [2.24, 2.45) is 0 Å². The molecular formula is C12H13NO5S. The van der Waals surface area contributed by atoms with Gasteiger partial charge in [0.15, 0.2) is 0 Å². The minimum atomic E-state index is -0.618. The Morgan fingerprint density at radius 1 is 1.05 bits per heavy atom. The maximum Gasteiger partial charge on any atom is 0.337 e. The zero-order valence-corrected chi connectivity index (χ0v) is 11.3. The van der Waals surface area contributed by atoms with Crippen LogP contribution in [-0.2, 0) is 14.3 Å². The molecule has 0 atom stereocenters. The van der Waals surface area contributed by atoms with Gasteiger partial charge in [0.25, 0.3) is 0 Å². The van der Waals surface area contributed by atoms with E-state index in [1.807, 2.05) is 0 Å². The first-order valence-corrected chi connectivity index (χ1v) is 5.87. The highest BCUT2D eigenvalue weighted by atomic mass is 32.1. The summed E-state index contributed by atoms with van der Waals surface area (Å²) < 4.78 is 9.14. The largest absolute Gasteiger partial charge is 0.465 e. The van der Waals surface area contributed by atoms with Gasteiger partial charge in [-0.05, 0) is 18.2 Å². The molecule has 1 aromatic carbocycles. The molecule has 0 fully saturated rings. The van der Waals surface area contributed by atoms with Gasteiger partial charge in [-0.2, -0.15) is 12.6 Å². The third-order valence-corrected chi connectivity index (χ3v) is 2.49. The number of amides is 1. The van der Waals surface area contributed by atoms with Crippen LogP contribution in [0.15, 0.2) is 18.2 Å². The number of hydrogen-bond acceptors (Lipinski definition) is 6. The van der Waals surface area contributed by atoms with E-state index in [0.29, 0.717) is 5.69 Å². The molecule has 1 amide bonds. The van der Waals surface area contributed by atoms with Crippen LogP contribution in [0.1, 0.15) is 20.7 Å². The quantitative estimate of drug-likeness (QED) is 0.639. The molecule has 6 nitrogen and oxygen atoms in total. The Balaban J connectivity index is 3.19. The number of carbonyl (C=O) groups is 3. The molecule has 0 saturated carbocycles. The summed E-state index contributed by atoms with van der Waals surface area (Å²) in [6, 6.07) is 4.13. The Hall–Kier alpha value is -2.02. The van der Waals surface area contributed by atoms with Crippen molar-refractivity contribution >= 4 is 36.2 Å². The first kappa shape index (κ1) is 15.0. The molecule has 102 valence electrons. The number of ether oxygens (including phenoxy) is 2. The average Bonchev–Trinajstić information content (AvgIpc) is 2.44. The van der Waals surface area contributed by atoms with Gasteiger partial charge in [0.2, 0.25) is 5.91 Å². The molecule has 7 heteroatoms.